The van der Waals surface area contributed by atoms with E-state index in [1.54, 1.807) is 6.07 Å². The predicted molar refractivity (Wildman–Crippen MR) is 83.6 cm³/mol. The molecule has 0 spiro atoms. The number of anilines is 1. The fourth-order valence-corrected chi connectivity index (χ4v) is 2.75. The molecule has 0 atom stereocenters. The molecule has 1 amide bonds. The molecule has 23 heavy (non-hydrogen) atoms. The van der Waals surface area contributed by atoms with E-state index in [0.29, 0.717) is 18.5 Å². The number of rotatable bonds is 5. The van der Waals surface area contributed by atoms with Crippen LogP contribution in [0.5, 0.6) is 5.75 Å². The van der Waals surface area contributed by atoms with Crippen molar-refractivity contribution in [3.63, 3.8) is 0 Å². The van der Waals surface area contributed by atoms with Crippen molar-refractivity contribution in [1.82, 2.24) is 0 Å². The number of benzene rings is 1. The number of carboxylic acid groups (broad SMARTS) is 1. The van der Waals surface area contributed by atoms with E-state index in [1.807, 2.05) is 19.1 Å². The minimum atomic E-state index is -1.23. The average Bonchev–Trinajstić information content (AvgIpc) is 3.33. The second-order valence-electron chi connectivity index (χ2n) is 6.25. The lowest BCUT2D eigenvalue weighted by molar-refractivity contribution is -0.147. The second kappa shape index (κ2) is 6.20. The Bertz CT molecular complexity index is 617. The van der Waals surface area contributed by atoms with Crippen LogP contribution in [0.15, 0.2) is 18.2 Å². The molecule has 1 aliphatic heterocycles. The van der Waals surface area contributed by atoms with E-state index in [0.717, 1.165) is 37.4 Å². The molecule has 1 aromatic carbocycles. The highest BCUT2D eigenvalue weighted by Crippen LogP contribution is 2.46. The molecule has 2 N–H and O–H groups in total. The maximum atomic E-state index is 12.1. The molecule has 124 valence electrons. The van der Waals surface area contributed by atoms with Gasteiger partial charge in [0.25, 0.3) is 0 Å². The van der Waals surface area contributed by atoms with Gasteiger partial charge in [0, 0.05) is 18.5 Å². The first kappa shape index (κ1) is 15.8. The Balaban J connectivity index is 1.65. The van der Waals surface area contributed by atoms with Crippen molar-refractivity contribution in [2.24, 2.45) is 5.41 Å². The molecule has 3 rings (SSSR count). The number of aliphatic carboxylic acids is 1. The molecule has 2 aliphatic rings. The van der Waals surface area contributed by atoms with Crippen LogP contribution >= 0.6 is 0 Å². The van der Waals surface area contributed by atoms with Crippen LogP contribution in [0.4, 0.5) is 5.69 Å². The van der Waals surface area contributed by atoms with E-state index in [-0.39, 0.29) is 6.10 Å². The minimum absolute atomic E-state index is 0.157. The van der Waals surface area contributed by atoms with Gasteiger partial charge in [-0.05, 0) is 43.5 Å². The summed E-state index contributed by atoms with van der Waals surface area (Å²) in [5.74, 6) is -0.706. The summed E-state index contributed by atoms with van der Waals surface area (Å²) >= 11 is 0. The quantitative estimate of drug-likeness (QED) is 0.814. The maximum absolute atomic E-state index is 12.1. The molecule has 1 aliphatic carbocycles. The van der Waals surface area contributed by atoms with Gasteiger partial charge in [-0.3, -0.25) is 9.59 Å². The summed E-state index contributed by atoms with van der Waals surface area (Å²) in [4.78, 5) is 23.3. The topological polar surface area (TPSA) is 84.9 Å². The Hall–Kier alpha value is -2.08. The molecule has 1 saturated carbocycles. The van der Waals surface area contributed by atoms with E-state index in [9.17, 15) is 9.59 Å². The molecule has 6 heteroatoms. The third kappa shape index (κ3) is 3.32. The van der Waals surface area contributed by atoms with E-state index in [1.165, 1.54) is 0 Å². The van der Waals surface area contributed by atoms with Gasteiger partial charge in [-0.1, -0.05) is 0 Å². The van der Waals surface area contributed by atoms with E-state index < -0.39 is 17.3 Å². The van der Waals surface area contributed by atoms with Gasteiger partial charge in [0.15, 0.2) is 0 Å². The highest BCUT2D eigenvalue weighted by atomic mass is 16.5. The lowest BCUT2D eigenvalue weighted by atomic mass is 10.1. The van der Waals surface area contributed by atoms with Crippen molar-refractivity contribution >= 4 is 17.6 Å². The highest BCUT2D eigenvalue weighted by Gasteiger charge is 2.57. The van der Waals surface area contributed by atoms with Crippen LogP contribution in [0.25, 0.3) is 0 Å². The fraction of sp³-hybridized carbons (Fsp3) is 0.529. The summed E-state index contributed by atoms with van der Waals surface area (Å²) in [7, 11) is 0. The number of hydrogen-bond donors (Lipinski definition) is 2. The SMILES string of the molecule is Cc1cc(NC(=O)C2(C(=O)O)CC2)ccc1OC1CCOCC1. The Morgan fingerprint density at radius 1 is 1.30 bits per heavy atom. The molecule has 1 saturated heterocycles. The van der Waals surface area contributed by atoms with Gasteiger partial charge >= 0.3 is 5.97 Å². The first-order valence-corrected chi connectivity index (χ1v) is 7.91. The van der Waals surface area contributed by atoms with Crippen molar-refractivity contribution in [2.45, 2.75) is 38.7 Å². The summed E-state index contributed by atoms with van der Waals surface area (Å²) in [6, 6.07) is 5.38. The summed E-state index contributed by atoms with van der Waals surface area (Å²) < 4.78 is 11.3. The number of hydrogen-bond acceptors (Lipinski definition) is 4. The number of ether oxygens (including phenoxy) is 2. The van der Waals surface area contributed by atoms with Gasteiger partial charge in [0.05, 0.1) is 13.2 Å². The third-order valence-electron chi connectivity index (χ3n) is 4.49. The van der Waals surface area contributed by atoms with Crippen LogP contribution in [0, 0.1) is 12.3 Å². The minimum Gasteiger partial charge on any atom is -0.490 e. The zero-order valence-electron chi connectivity index (χ0n) is 13.1. The zero-order valence-corrected chi connectivity index (χ0v) is 13.1. The molecule has 1 heterocycles. The zero-order chi connectivity index (χ0) is 16.4. The standard InChI is InChI=1S/C17H21NO5/c1-11-10-12(18-15(19)17(6-7-17)16(20)21)2-3-14(11)23-13-4-8-22-9-5-13/h2-3,10,13H,4-9H2,1H3,(H,18,19)(H,20,21). The number of amides is 1. The summed E-state index contributed by atoms with van der Waals surface area (Å²) in [6.45, 7) is 3.35. The largest absolute Gasteiger partial charge is 0.490 e. The van der Waals surface area contributed by atoms with Crippen molar-refractivity contribution in [1.29, 1.82) is 0 Å². The normalized spacial score (nSPS) is 19.9. The summed E-state index contributed by atoms with van der Waals surface area (Å²) in [6.07, 6.45) is 2.71. The fourth-order valence-electron chi connectivity index (χ4n) is 2.75. The molecule has 0 unspecified atom stereocenters. The second-order valence-corrected chi connectivity index (χ2v) is 6.25. The number of carboxylic acids is 1. The van der Waals surface area contributed by atoms with Gasteiger partial charge in [-0.15, -0.1) is 0 Å². The Labute approximate surface area is 134 Å². The van der Waals surface area contributed by atoms with Gasteiger partial charge in [0.2, 0.25) is 5.91 Å². The van der Waals surface area contributed by atoms with Crippen molar-refractivity contribution in [3.05, 3.63) is 23.8 Å². The van der Waals surface area contributed by atoms with Gasteiger partial charge in [-0.2, -0.15) is 0 Å². The first-order chi connectivity index (χ1) is 11.0. The predicted octanol–water partition coefficient (Wildman–Crippen LogP) is 2.36. The summed E-state index contributed by atoms with van der Waals surface area (Å²) in [5, 5.41) is 11.8. The van der Waals surface area contributed by atoms with Crippen molar-refractivity contribution in [2.75, 3.05) is 18.5 Å². The van der Waals surface area contributed by atoms with E-state index in [2.05, 4.69) is 5.32 Å². The van der Waals surface area contributed by atoms with Crippen molar-refractivity contribution in [3.8, 4) is 5.75 Å². The molecule has 2 fully saturated rings. The number of nitrogens with one attached hydrogen (secondary N) is 1. The van der Waals surface area contributed by atoms with Crippen LogP contribution in [0.2, 0.25) is 0 Å². The van der Waals surface area contributed by atoms with Gasteiger partial charge < -0.3 is 19.9 Å². The third-order valence-corrected chi connectivity index (χ3v) is 4.49. The summed E-state index contributed by atoms with van der Waals surface area (Å²) in [5.41, 5.74) is 0.277. The number of aryl methyl sites for hydroxylation is 1. The van der Waals surface area contributed by atoms with Crippen LogP contribution in [0.1, 0.15) is 31.2 Å². The lowest BCUT2D eigenvalue weighted by Crippen LogP contribution is -2.31. The van der Waals surface area contributed by atoms with Crippen LogP contribution < -0.4 is 10.1 Å². The Morgan fingerprint density at radius 3 is 2.57 bits per heavy atom. The van der Waals surface area contributed by atoms with Gasteiger partial charge in [-0.25, -0.2) is 0 Å². The Kier molecular flexibility index (Phi) is 4.26. The molecule has 0 bridgehead atoms. The molecule has 1 aromatic rings. The average molecular weight is 319 g/mol. The first-order valence-electron chi connectivity index (χ1n) is 7.91. The monoisotopic (exact) mass is 319 g/mol. The van der Waals surface area contributed by atoms with Crippen LogP contribution in [0.3, 0.4) is 0 Å². The molecular weight excluding hydrogens is 298 g/mol. The van der Waals surface area contributed by atoms with Crippen molar-refractivity contribution < 1.29 is 24.2 Å². The number of carbonyl (C=O) groups excluding carboxylic acids is 1. The van der Waals surface area contributed by atoms with Crippen LogP contribution in [-0.2, 0) is 14.3 Å². The van der Waals surface area contributed by atoms with Gasteiger partial charge in [0.1, 0.15) is 17.3 Å². The maximum Gasteiger partial charge on any atom is 0.319 e. The van der Waals surface area contributed by atoms with E-state index in [4.69, 9.17) is 14.6 Å². The smallest absolute Gasteiger partial charge is 0.319 e. The molecule has 6 nitrogen and oxygen atoms in total. The number of carbonyl (C=O) groups is 2. The van der Waals surface area contributed by atoms with Crippen LogP contribution in [-0.4, -0.2) is 36.3 Å². The Morgan fingerprint density at radius 2 is 2.00 bits per heavy atom. The molecular formula is C17H21NO5. The molecule has 0 radical (unpaired) electrons. The van der Waals surface area contributed by atoms with E-state index >= 15 is 0 Å². The molecule has 0 aromatic heterocycles. The lowest BCUT2D eigenvalue weighted by Gasteiger charge is -2.24. The highest BCUT2D eigenvalue weighted by molar-refractivity contribution is 6.10.